The molecule has 6 nitrogen and oxygen atoms in total. The van der Waals surface area contributed by atoms with Gasteiger partial charge in [0.15, 0.2) is 0 Å². The van der Waals surface area contributed by atoms with Gasteiger partial charge in [0.1, 0.15) is 11.6 Å². The molecule has 210 valence electrons. The Balaban J connectivity index is 1.30. The van der Waals surface area contributed by atoms with Gasteiger partial charge in [-0.1, -0.05) is 66.7 Å². The summed E-state index contributed by atoms with van der Waals surface area (Å²) in [6.07, 6.45) is 5.62. The number of hydrogen-bond donors (Lipinski definition) is 0. The van der Waals surface area contributed by atoms with Crippen LogP contribution >= 0.6 is 0 Å². The molecule has 0 radical (unpaired) electrons. The summed E-state index contributed by atoms with van der Waals surface area (Å²) in [7, 11) is 0. The topological polar surface area (TPSA) is 72.3 Å². The van der Waals surface area contributed by atoms with E-state index in [1.54, 1.807) is 0 Å². The van der Waals surface area contributed by atoms with E-state index in [0.717, 1.165) is 82.3 Å². The standard InChI is InChI=1S/C40H20N6/c41-21-27-28(45-30-14-5-11-23-22-7-1-2-8-24(22)38-35(34(23)30)31(45)15-18-42-38)12-6-13-29(27)46-32-16-19-43-39-25-9-3-4-10-26(25)40-37(36(32)39)33(46)17-20-44-40/h1-20H. The maximum absolute atomic E-state index is 11.0. The third-order valence-corrected chi connectivity index (χ3v) is 9.82. The molecular formula is C40H20N6. The Kier molecular flexibility index (Phi) is 4.31. The summed E-state index contributed by atoms with van der Waals surface area (Å²) in [4.78, 5) is 14.6. The molecule has 6 heteroatoms. The van der Waals surface area contributed by atoms with E-state index in [0.29, 0.717) is 5.56 Å². The van der Waals surface area contributed by atoms with Crippen molar-refractivity contribution in [3.63, 3.8) is 0 Å². The number of nitrogens with zero attached hydrogens (tertiary/aromatic N) is 6. The zero-order chi connectivity index (χ0) is 30.1. The largest absolute Gasteiger partial charge is 0.308 e. The highest BCUT2D eigenvalue weighted by Crippen LogP contribution is 2.45. The molecule has 5 aromatic heterocycles. The third kappa shape index (κ3) is 2.71. The van der Waals surface area contributed by atoms with Crippen LogP contribution in [0, 0.1) is 11.3 Å². The van der Waals surface area contributed by atoms with Gasteiger partial charge in [-0.05, 0) is 47.2 Å². The third-order valence-electron chi connectivity index (χ3n) is 9.82. The van der Waals surface area contributed by atoms with Crippen LogP contribution in [0.4, 0.5) is 0 Å². The van der Waals surface area contributed by atoms with Crippen molar-refractivity contribution in [3.8, 4) is 17.4 Å². The quantitative estimate of drug-likeness (QED) is 0.190. The average Bonchev–Trinajstić information content (AvgIpc) is 3.64. The van der Waals surface area contributed by atoms with E-state index in [4.69, 9.17) is 15.0 Å². The fourth-order valence-electron chi connectivity index (χ4n) is 8.09. The van der Waals surface area contributed by atoms with Crippen LogP contribution in [0.2, 0.25) is 0 Å². The molecule has 0 saturated carbocycles. The first-order valence-corrected chi connectivity index (χ1v) is 15.3. The molecule has 0 aliphatic carbocycles. The van der Waals surface area contributed by atoms with Crippen molar-refractivity contribution in [1.29, 1.82) is 5.26 Å². The van der Waals surface area contributed by atoms with Gasteiger partial charge in [-0.2, -0.15) is 5.26 Å². The molecule has 46 heavy (non-hydrogen) atoms. The summed E-state index contributed by atoms with van der Waals surface area (Å²) in [6, 6.07) is 38.2. The number of fused-ring (bicyclic) bond motifs is 6. The number of rotatable bonds is 2. The number of nitriles is 1. The van der Waals surface area contributed by atoms with E-state index in [1.807, 2.05) is 36.8 Å². The maximum Gasteiger partial charge on any atom is 0.104 e. The molecule has 0 spiro atoms. The zero-order valence-corrected chi connectivity index (χ0v) is 24.2. The van der Waals surface area contributed by atoms with E-state index < -0.39 is 0 Å². The molecule has 0 saturated heterocycles. The Morgan fingerprint density at radius 3 is 1.35 bits per heavy atom. The molecule has 0 unspecified atom stereocenters. The van der Waals surface area contributed by atoms with Crippen molar-refractivity contribution in [3.05, 3.63) is 127 Å². The number of benzene rings is 6. The summed E-state index contributed by atoms with van der Waals surface area (Å²) in [5, 5.41) is 21.1. The molecular weight excluding hydrogens is 564 g/mol. The lowest BCUT2D eigenvalue weighted by Gasteiger charge is -2.15. The van der Waals surface area contributed by atoms with Gasteiger partial charge in [0.25, 0.3) is 0 Å². The normalized spacial score (nSPS) is 12.3. The summed E-state index contributed by atoms with van der Waals surface area (Å²) >= 11 is 0. The fourth-order valence-corrected chi connectivity index (χ4v) is 8.09. The first-order chi connectivity index (χ1) is 22.8. The van der Waals surface area contributed by atoms with E-state index in [-0.39, 0.29) is 0 Å². The van der Waals surface area contributed by atoms with Gasteiger partial charge in [0, 0.05) is 56.3 Å². The summed E-state index contributed by atoms with van der Waals surface area (Å²) in [5.41, 5.74) is 9.20. The predicted octanol–water partition coefficient (Wildman–Crippen LogP) is 9.43. The van der Waals surface area contributed by atoms with Crippen LogP contribution in [0.25, 0.3) is 98.5 Å². The van der Waals surface area contributed by atoms with Gasteiger partial charge in [0.05, 0.1) is 50.0 Å². The first-order valence-electron chi connectivity index (χ1n) is 15.3. The van der Waals surface area contributed by atoms with E-state index in [1.165, 1.54) is 16.2 Å². The molecule has 0 N–H and O–H groups in total. The van der Waals surface area contributed by atoms with Crippen molar-refractivity contribution < 1.29 is 0 Å². The lowest BCUT2D eigenvalue weighted by Crippen LogP contribution is -2.04. The van der Waals surface area contributed by atoms with Gasteiger partial charge < -0.3 is 9.13 Å². The fraction of sp³-hybridized carbons (Fsp3) is 0. The van der Waals surface area contributed by atoms with Crippen LogP contribution < -0.4 is 0 Å². The monoisotopic (exact) mass is 584 g/mol. The van der Waals surface area contributed by atoms with Gasteiger partial charge >= 0.3 is 0 Å². The lowest BCUT2D eigenvalue weighted by atomic mass is 9.97. The van der Waals surface area contributed by atoms with Crippen LogP contribution in [0.5, 0.6) is 0 Å². The molecule has 0 fully saturated rings. The number of aromatic nitrogens is 5. The summed E-state index contributed by atoms with van der Waals surface area (Å²) < 4.78 is 4.46. The maximum atomic E-state index is 11.0. The van der Waals surface area contributed by atoms with E-state index in [9.17, 15) is 5.26 Å². The van der Waals surface area contributed by atoms with Crippen LogP contribution in [0.15, 0.2) is 122 Å². The molecule has 0 aliphatic heterocycles. The second-order valence-electron chi connectivity index (χ2n) is 11.9. The molecule has 11 aromatic rings. The minimum absolute atomic E-state index is 0.592. The smallest absolute Gasteiger partial charge is 0.104 e. The Labute approximate surface area is 260 Å². The van der Waals surface area contributed by atoms with E-state index >= 15 is 0 Å². The Bertz CT molecular complexity index is 2730. The summed E-state index contributed by atoms with van der Waals surface area (Å²) in [6.45, 7) is 0. The van der Waals surface area contributed by atoms with E-state index in [2.05, 4.69) is 100 Å². The van der Waals surface area contributed by atoms with Gasteiger partial charge in [0.2, 0.25) is 0 Å². The highest BCUT2D eigenvalue weighted by atomic mass is 15.0. The number of pyridine rings is 3. The van der Waals surface area contributed by atoms with Crippen LogP contribution in [0.1, 0.15) is 5.56 Å². The second kappa shape index (κ2) is 8.32. The zero-order valence-electron chi connectivity index (χ0n) is 24.2. The number of hydrogen-bond acceptors (Lipinski definition) is 4. The van der Waals surface area contributed by atoms with Crippen molar-refractivity contribution in [2.45, 2.75) is 0 Å². The molecule has 5 heterocycles. The SMILES string of the molecule is N#Cc1c(-n2c3cccc4c5ccccc5c5nccc2c5c43)cccc1-n1c2ccnc3c4ccccc4c4nccc1c4c32. The lowest BCUT2D eigenvalue weighted by molar-refractivity contribution is 1.11. The molecule has 0 atom stereocenters. The second-order valence-corrected chi connectivity index (χ2v) is 11.9. The Hall–Kier alpha value is -6.58. The van der Waals surface area contributed by atoms with Gasteiger partial charge in [-0.3, -0.25) is 15.0 Å². The van der Waals surface area contributed by atoms with Gasteiger partial charge in [-0.25, -0.2) is 0 Å². The highest BCUT2D eigenvalue weighted by Gasteiger charge is 2.25. The molecule has 0 amide bonds. The highest BCUT2D eigenvalue weighted by molar-refractivity contribution is 6.34. The molecule has 6 aromatic carbocycles. The minimum Gasteiger partial charge on any atom is -0.308 e. The van der Waals surface area contributed by atoms with Crippen molar-refractivity contribution in [2.24, 2.45) is 0 Å². The van der Waals surface area contributed by atoms with Crippen LogP contribution in [-0.4, -0.2) is 24.1 Å². The summed E-state index contributed by atoms with van der Waals surface area (Å²) in [5.74, 6) is 0. The Morgan fingerprint density at radius 2 is 0.826 bits per heavy atom. The van der Waals surface area contributed by atoms with Crippen LogP contribution in [0.3, 0.4) is 0 Å². The minimum atomic E-state index is 0.592. The Morgan fingerprint density at radius 1 is 0.413 bits per heavy atom. The van der Waals surface area contributed by atoms with Gasteiger partial charge in [-0.15, -0.1) is 0 Å². The molecule has 0 bridgehead atoms. The molecule has 0 aliphatic rings. The first kappa shape index (κ1) is 23.8. The molecule has 11 rings (SSSR count). The van der Waals surface area contributed by atoms with Crippen LogP contribution in [-0.2, 0) is 0 Å². The average molecular weight is 585 g/mol. The van der Waals surface area contributed by atoms with Crippen molar-refractivity contribution >= 4 is 87.1 Å². The van der Waals surface area contributed by atoms with Crippen molar-refractivity contribution in [1.82, 2.24) is 24.1 Å². The predicted molar refractivity (Wildman–Crippen MR) is 186 cm³/mol. The van der Waals surface area contributed by atoms with Crippen molar-refractivity contribution in [2.75, 3.05) is 0 Å².